The molecule has 2 heterocycles. The van der Waals surface area contributed by atoms with Gasteiger partial charge in [0.25, 0.3) is 0 Å². The summed E-state index contributed by atoms with van der Waals surface area (Å²) in [5, 5.41) is 3.58. The van der Waals surface area contributed by atoms with Crippen LogP contribution in [-0.2, 0) is 13.0 Å². The zero-order valence-corrected chi connectivity index (χ0v) is 13.0. The molecule has 0 saturated carbocycles. The van der Waals surface area contributed by atoms with Crippen LogP contribution in [0, 0.1) is 5.92 Å². The van der Waals surface area contributed by atoms with Gasteiger partial charge in [0.05, 0.1) is 5.69 Å². The van der Waals surface area contributed by atoms with Gasteiger partial charge < -0.3 is 14.8 Å². The minimum Gasteiger partial charge on any atom is -0.339 e. The summed E-state index contributed by atoms with van der Waals surface area (Å²) >= 11 is 0. The van der Waals surface area contributed by atoms with Crippen molar-refractivity contribution in [2.24, 2.45) is 5.92 Å². The Morgan fingerprint density at radius 1 is 1.32 bits per heavy atom. The van der Waals surface area contributed by atoms with Crippen molar-refractivity contribution in [2.75, 3.05) is 18.0 Å². The smallest absolute Gasteiger partial charge is 0.205 e. The second-order valence-corrected chi connectivity index (χ2v) is 6.31. The molecule has 1 saturated heterocycles. The molecule has 1 aliphatic heterocycles. The molecule has 108 valence electrons. The van der Waals surface area contributed by atoms with Gasteiger partial charge in [0.2, 0.25) is 5.95 Å². The van der Waals surface area contributed by atoms with Crippen LogP contribution in [0.25, 0.3) is 0 Å². The van der Waals surface area contributed by atoms with E-state index < -0.39 is 0 Å². The van der Waals surface area contributed by atoms with E-state index in [-0.39, 0.29) is 0 Å². The number of aryl methyl sites for hydroxylation is 1. The highest BCUT2D eigenvalue weighted by molar-refractivity contribution is 5.35. The number of aromatic nitrogens is 2. The van der Waals surface area contributed by atoms with E-state index in [0.717, 1.165) is 32.0 Å². The summed E-state index contributed by atoms with van der Waals surface area (Å²) in [6.07, 6.45) is 3.24. The highest BCUT2D eigenvalue weighted by Gasteiger charge is 2.24. The van der Waals surface area contributed by atoms with E-state index in [1.807, 2.05) is 0 Å². The van der Waals surface area contributed by atoms with Crippen LogP contribution < -0.4 is 10.2 Å². The Hall–Kier alpha value is -1.03. The average Bonchev–Trinajstić information content (AvgIpc) is 2.70. The molecule has 1 fully saturated rings. The van der Waals surface area contributed by atoms with Crippen LogP contribution in [0.3, 0.4) is 0 Å². The molecule has 0 aromatic carbocycles. The lowest BCUT2D eigenvalue weighted by molar-refractivity contribution is 0.397. The van der Waals surface area contributed by atoms with E-state index in [2.05, 4.69) is 55.6 Å². The average molecular weight is 264 g/mol. The fraction of sp³-hybridized carbons (Fsp3) is 0.800. The molecule has 0 bridgehead atoms. The van der Waals surface area contributed by atoms with Gasteiger partial charge in [0.1, 0.15) is 0 Å². The molecule has 2 rings (SSSR count). The Labute approximate surface area is 117 Å². The molecule has 19 heavy (non-hydrogen) atoms. The van der Waals surface area contributed by atoms with Gasteiger partial charge in [0.15, 0.2) is 0 Å². The van der Waals surface area contributed by atoms with Crippen LogP contribution in [0.2, 0.25) is 0 Å². The van der Waals surface area contributed by atoms with Crippen LogP contribution in [0.15, 0.2) is 6.20 Å². The van der Waals surface area contributed by atoms with Crippen molar-refractivity contribution in [1.29, 1.82) is 0 Å². The second-order valence-electron chi connectivity index (χ2n) is 6.31. The summed E-state index contributed by atoms with van der Waals surface area (Å²) in [4.78, 5) is 7.27. The van der Waals surface area contributed by atoms with Crippen LogP contribution >= 0.6 is 0 Å². The molecule has 0 spiro atoms. The molecular formula is C15H28N4. The minimum atomic E-state index is 0.526. The van der Waals surface area contributed by atoms with Gasteiger partial charge in [-0.15, -0.1) is 0 Å². The number of nitrogens with one attached hydrogen (secondary N) is 1. The lowest BCUT2D eigenvalue weighted by Gasteiger charge is -2.37. The lowest BCUT2D eigenvalue weighted by atomic mass is 10.1. The predicted octanol–water partition coefficient (Wildman–Crippen LogP) is 2.29. The molecule has 1 aromatic heterocycles. The fourth-order valence-electron chi connectivity index (χ4n) is 2.90. The van der Waals surface area contributed by atoms with E-state index in [1.165, 1.54) is 5.69 Å². The first kappa shape index (κ1) is 14.4. The Balaban J connectivity index is 2.23. The predicted molar refractivity (Wildman–Crippen MR) is 80.7 cm³/mol. The summed E-state index contributed by atoms with van der Waals surface area (Å²) in [6, 6.07) is 1.05. The van der Waals surface area contributed by atoms with Crippen LogP contribution in [0.4, 0.5) is 5.95 Å². The fourth-order valence-corrected chi connectivity index (χ4v) is 2.90. The molecule has 4 heteroatoms. The maximum Gasteiger partial charge on any atom is 0.205 e. The molecule has 0 amide bonds. The second kappa shape index (κ2) is 5.95. The first-order valence-electron chi connectivity index (χ1n) is 7.56. The number of piperazine rings is 1. The molecule has 1 aromatic rings. The number of rotatable bonds is 4. The maximum atomic E-state index is 4.84. The molecule has 4 nitrogen and oxygen atoms in total. The van der Waals surface area contributed by atoms with Crippen molar-refractivity contribution in [3.63, 3.8) is 0 Å². The highest BCUT2D eigenvalue weighted by Crippen LogP contribution is 2.19. The number of nitrogens with zero attached hydrogens (tertiary/aromatic N) is 3. The largest absolute Gasteiger partial charge is 0.339 e. The standard InChI is InChI=1S/C15H28N4/c1-6-14-10-18(7-11(2)3)15(17-14)19-8-12(4)16-13(5)9-19/h10-13,16H,6-9H2,1-5H3. The van der Waals surface area contributed by atoms with Crippen molar-refractivity contribution in [3.8, 4) is 0 Å². The molecule has 1 aliphatic rings. The Morgan fingerprint density at radius 3 is 2.47 bits per heavy atom. The third-order valence-electron chi connectivity index (χ3n) is 3.57. The van der Waals surface area contributed by atoms with E-state index in [1.54, 1.807) is 0 Å². The van der Waals surface area contributed by atoms with Crippen molar-refractivity contribution < 1.29 is 0 Å². The monoisotopic (exact) mass is 264 g/mol. The van der Waals surface area contributed by atoms with Gasteiger partial charge in [-0.25, -0.2) is 4.98 Å². The third-order valence-corrected chi connectivity index (χ3v) is 3.57. The maximum absolute atomic E-state index is 4.84. The van der Waals surface area contributed by atoms with Crippen LogP contribution in [0.1, 0.15) is 40.3 Å². The normalized spacial score (nSPS) is 24.2. The molecule has 2 atom stereocenters. The molecular weight excluding hydrogens is 236 g/mol. The highest BCUT2D eigenvalue weighted by atomic mass is 15.3. The summed E-state index contributed by atoms with van der Waals surface area (Å²) in [5.41, 5.74) is 1.20. The van der Waals surface area contributed by atoms with E-state index in [0.29, 0.717) is 18.0 Å². The van der Waals surface area contributed by atoms with Gasteiger partial charge >= 0.3 is 0 Å². The van der Waals surface area contributed by atoms with E-state index >= 15 is 0 Å². The van der Waals surface area contributed by atoms with Crippen LogP contribution in [0.5, 0.6) is 0 Å². The van der Waals surface area contributed by atoms with Gasteiger partial charge in [0, 0.05) is 37.9 Å². The molecule has 0 aliphatic carbocycles. The lowest BCUT2D eigenvalue weighted by Crippen LogP contribution is -2.55. The van der Waals surface area contributed by atoms with E-state index in [9.17, 15) is 0 Å². The number of anilines is 1. The third kappa shape index (κ3) is 3.50. The van der Waals surface area contributed by atoms with E-state index in [4.69, 9.17) is 4.98 Å². The quantitative estimate of drug-likeness (QED) is 0.906. The van der Waals surface area contributed by atoms with Crippen molar-refractivity contribution in [2.45, 2.75) is 59.7 Å². The summed E-state index contributed by atoms with van der Waals surface area (Å²) < 4.78 is 2.34. The Kier molecular flexibility index (Phi) is 4.50. The van der Waals surface area contributed by atoms with Gasteiger partial charge in [-0.3, -0.25) is 0 Å². The topological polar surface area (TPSA) is 33.1 Å². The van der Waals surface area contributed by atoms with Gasteiger partial charge in [-0.1, -0.05) is 20.8 Å². The zero-order valence-electron chi connectivity index (χ0n) is 13.0. The van der Waals surface area contributed by atoms with Gasteiger partial charge in [-0.2, -0.15) is 0 Å². The number of hydrogen-bond acceptors (Lipinski definition) is 3. The first-order valence-corrected chi connectivity index (χ1v) is 7.56. The minimum absolute atomic E-state index is 0.526. The summed E-state index contributed by atoms with van der Waals surface area (Å²) in [5.74, 6) is 1.81. The SMILES string of the molecule is CCc1cn(CC(C)C)c(N2CC(C)NC(C)C2)n1. The summed E-state index contributed by atoms with van der Waals surface area (Å²) in [6.45, 7) is 14.3. The Morgan fingerprint density at radius 2 is 1.95 bits per heavy atom. The first-order chi connectivity index (χ1) is 8.99. The van der Waals surface area contributed by atoms with Crippen molar-refractivity contribution >= 4 is 5.95 Å². The van der Waals surface area contributed by atoms with Gasteiger partial charge in [-0.05, 0) is 26.2 Å². The summed E-state index contributed by atoms with van der Waals surface area (Å²) in [7, 11) is 0. The number of hydrogen-bond donors (Lipinski definition) is 1. The Bertz CT molecular complexity index is 400. The molecule has 1 N–H and O–H groups in total. The number of imidazole rings is 1. The zero-order chi connectivity index (χ0) is 14.0. The van der Waals surface area contributed by atoms with Crippen LogP contribution in [-0.4, -0.2) is 34.7 Å². The molecule has 0 radical (unpaired) electrons. The van der Waals surface area contributed by atoms with Crippen molar-refractivity contribution in [3.05, 3.63) is 11.9 Å². The molecule has 2 unspecified atom stereocenters. The van der Waals surface area contributed by atoms with Crippen molar-refractivity contribution in [1.82, 2.24) is 14.9 Å².